The predicted molar refractivity (Wildman–Crippen MR) is 89.0 cm³/mol. The average molecular weight is 288 g/mol. The Bertz CT molecular complexity index is 464. The molecule has 0 unspecified atom stereocenters. The molecule has 3 rings (SSSR count). The number of aliphatic hydroxyl groups excluding tert-OH is 1. The third-order valence-corrected chi connectivity index (χ3v) is 7.38. The smallest absolute Gasteiger partial charge is 0.0487 e. The maximum absolute atomic E-state index is 9.99. The van der Waals surface area contributed by atoms with E-state index in [1.807, 2.05) is 0 Å². The first-order valence-electron chi connectivity index (χ1n) is 8.83. The van der Waals surface area contributed by atoms with Crippen LogP contribution in [0.3, 0.4) is 0 Å². The van der Waals surface area contributed by atoms with Gasteiger partial charge in [0.05, 0.1) is 0 Å². The zero-order chi connectivity index (χ0) is 15.3. The van der Waals surface area contributed by atoms with E-state index in [0.29, 0.717) is 17.9 Å². The molecule has 118 valence electrons. The van der Waals surface area contributed by atoms with Crippen molar-refractivity contribution in [2.24, 2.45) is 28.1 Å². The summed E-state index contributed by atoms with van der Waals surface area (Å²) in [4.78, 5) is 0. The van der Waals surface area contributed by atoms with Crippen LogP contribution in [-0.2, 0) is 0 Å². The normalized spacial score (nSPS) is 49.8. The van der Waals surface area contributed by atoms with Gasteiger partial charge < -0.3 is 5.11 Å². The highest BCUT2D eigenvalue weighted by Gasteiger charge is 2.55. The van der Waals surface area contributed by atoms with Gasteiger partial charge >= 0.3 is 0 Å². The number of hydrogen-bond donors (Lipinski definition) is 1. The molecule has 2 saturated carbocycles. The van der Waals surface area contributed by atoms with E-state index in [1.165, 1.54) is 44.9 Å². The molecule has 2 fully saturated rings. The molecule has 0 radical (unpaired) electrons. The van der Waals surface area contributed by atoms with Crippen molar-refractivity contribution in [3.8, 4) is 0 Å². The molecule has 0 amide bonds. The van der Waals surface area contributed by atoms with Crippen LogP contribution in [0.1, 0.15) is 65.7 Å². The molecule has 1 heteroatoms. The van der Waals surface area contributed by atoms with Crippen molar-refractivity contribution >= 4 is 0 Å². The first-order valence-corrected chi connectivity index (χ1v) is 8.83. The fourth-order valence-electron chi connectivity index (χ4n) is 6.01. The van der Waals surface area contributed by atoms with Crippen LogP contribution < -0.4 is 0 Å². The summed E-state index contributed by atoms with van der Waals surface area (Å²) < 4.78 is 0. The summed E-state index contributed by atoms with van der Waals surface area (Å²) in [5.41, 5.74) is 2.47. The lowest BCUT2D eigenvalue weighted by molar-refractivity contribution is -0.0892. The monoisotopic (exact) mass is 288 g/mol. The minimum absolute atomic E-state index is 0.151. The number of aliphatic hydroxyl groups is 1. The Labute approximate surface area is 130 Å². The minimum Gasteiger partial charge on any atom is -0.396 e. The summed E-state index contributed by atoms with van der Waals surface area (Å²) in [6.07, 6.45) is 13.6. The number of hydrogen-bond acceptors (Lipinski definition) is 1. The Balaban J connectivity index is 1.96. The predicted octanol–water partition coefficient (Wildman–Crippen LogP) is 5.11. The lowest BCUT2D eigenvalue weighted by Crippen LogP contribution is -2.52. The van der Waals surface area contributed by atoms with Gasteiger partial charge in [-0.25, -0.2) is 0 Å². The molecule has 21 heavy (non-hydrogen) atoms. The molecule has 0 aromatic heterocycles. The first kappa shape index (κ1) is 15.3. The van der Waals surface area contributed by atoms with Gasteiger partial charge in [0.25, 0.3) is 0 Å². The molecule has 0 aliphatic heterocycles. The van der Waals surface area contributed by atoms with Crippen LogP contribution in [0.5, 0.6) is 0 Å². The molecule has 3 aliphatic rings. The minimum atomic E-state index is 0.151. The lowest BCUT2D eigenvalue weighted by Gasteiger charge is -2.60. The van der Waals surface area contributed by atoms with Gasteiger partial charge in [0, 0.05) is 12.0 Å². The molecule has 0 spiro atoms. The lowest BCUT2D eigenvalue weighted by atomic mass is 9.45. The Morgan fingerprint density at radius 3 is 2.67 bits per heavy atom. The zero-order valence-corrected chi connectivity index (χ0v) is 14.1. The van der Waals surface area contributed by atoms with E-state index in [9.17, 15) is 5.11 Å². The molecule has 0 saturated heterocycles. The maximum atomic E-state index is 9.99. The highest BCUT2D eigenvalue weighted by atomic mass is 16.3. The number of fused-ring (bicyclic) bond motifs is 3. The van der Waals surface area contributed by atoms with Crippen LogP contribution in [0.2, 0.25) is 0 Å². The van der Waals surface area contributed by atoms with E-state index in [2.05, 4.69) is 39.5 Å². The van der Waals surface area contributed by atoms with Crippen molar-refractivity contribution < 1.29 is 5.11 Å². The number of rotatable bonds is 2. The van der Waals surface area contributed by atoms with Gasteiger partial charge in [-0.2, -0.15) is 0 Å². The van der Waals surface area contributed by atoms with Crippen molar-refractivity contribution in [3.63, 3.8) is 0 Å². The molecular weight excluding hydrogens is 256 g/mol. The van der Waals surface area contributed by atoms with E-state index in [1.54, 1.807) is 5.57 Å². The molecule has 1 nitrogen and oxygen atoms in total. The van der Waals surface area contributed by atoms with Crippen LogP contribution in [0.15, 0.2) is 24.3 Å². The summed E-state index contributed by atoms with van der Waals surface area (Å²) in [7, 11) is 0. The maximum Gasteiger partial charge on any atom is 0.0487 e. The third-order valence-electron chi connectivity index (χ3n) is 7.38. The van der Waals surface area contributed by atoms with Gasteiger partial charge in [0.2, 0.25) is 0 Å². The molecule has 1 N–H and O–H groups in total. The van der Waals surface area contributed by atoms with Crippen molar-refractivity contribution in [2.75, 3.05) is 6.61 Å². The molecule has 0 heterocycles. The van der Waals surface area contributed by atoms with Crippen LogP contribution in [0.25, 0.3) is 0 Å². The summed E-state index contributed by atoms with van der Waals surface area (Å²) >= 11 is 0. The van der Waals surface area contributed by atoms with Crippen LogP contribution in [-0.4, -0.2) is 11.7 Å². The Hall–Kier alpha value is -0.560. The van der Waals surface area contributed by atoms with Gasteiger partial charge in [-0.05, 0) is 61.2 Å². The average Bonchev–Trinajstić information content (AvgIpc) is 2.46. The molecular formula is C20H32O. The molecule has 0 aromatic carbocycles. The van der Waals surface area contributed by atoms with Crippen molar-refractivity contribution in [2.45, 2.75) is 65.7 Å². The fourth-order valence-corrected chi connectivity index (χ4v) is 6.01. The SMILES string of the molecule is C=C[C@]1(C)C=C2CC[C@@H]3[C@](C)(CO)CCC[C@@]3(C)[C@@H]2CC1. The summed E-state index contributed by atoms with van der Waals surface area (Å²) in [5.74, 6) is 1.44. The summed E-state index contributed by atoms with van der Waals surface area (Å²) in [6, 6.07) is 0. The van der Waals surface area contributed by atoms with Crippen LogP contribution in [0, 0.1) is 28.1 Å². The van der Waals surface area contributed by atoms with Crippen molar-refractivity contribution in [3.05, 3.63) is 24.3 Å². The van der Waals surface area contributed by atoms with Gasteiger partial charge in [0.15, 0.2) is 0 Å². The second-order valence-electron chi connectivity index (χ2n) is 8.78. The Kier molecular flexibility index (Phi) is 3.64. The van der Waals surface area contributed by atoms with Gasteiger partial charge in [-0.15, -0.1) is 6.58 Å². The molecule has 5 atom stereocenters. The van der Waals surface area contributed by atoms with E-state index in [4.69, 9.17) is 0 Å². The van der Waals surface area contributed by atoms with Gasteiger partial charge in [0.1, 0.15) is 0 Å². The molecule has 3 aliphatic carbocycles. The standard InChI is InChI=1S/C20H32O/c1-5-18(2)12-9-16-15(13-18)7-8-17-19(3,14-21)10-6-11-20(16,17)4/h5,13,16-17,21H,1,6-12,14H2,2-4H3/t16-,17-,18+,19+,20+/m1/s1. The fraction of sp³-hybridized carbons (Fsp3) is 0.800. The van der Waals surface area contributed by atoms with Crippen molar-refractivity contribution in [1.82, 2.24) is 0 Å². The summed E-state index contributed by atoms with van der Waals surface area (Å²) in [5, 5.41) is 9.99. The Morgan fingerprint density at radius 2 is 2.00 bits per heavy atom. The first-order chi connectivity index (χ1) is 9.87. The highest BCUT2D eigenvalue weighted by molar-refractivity contribution is 5.26. The third kappa shape index (κ3) is 2.23. The Morgan fingerprint density at radius 1 is 1.24 bits per heavy atom. The van der Waals surface area contributed by atoms with E-state index >= 15 is 0 Å². The summed E-state index contributed by atoms with van der Waals surface area (Å²) in [6.45, 7) is 11.6. The second-order valence-corrected chi connectivity index (χ2v) is 8.78. The van der Waals surface area contributed by atoms with E-state index in [-0.39, 0.29) is 10.8 Å². The van der Waals surface area contributed by atoms with Gasteiger partial charge in [-0.3, -0.25) is 0 Å². The second kappa shape index (κ2) is 4.98. The molecule has 0 aromatic rings. The number of allylic oxidation sites excluding steroid dienone is 3. The van der Waals surface area contributed by atoms with Gasteiger partial charge in [-0.1, -0.05) is 44.9 Å². The molecule has 0 bridgehead atoms. The highest BCUT2D eigenvalue weighted by Crippen LogP contribution is 2.63. The van der Waals surface area contributed by atoms with Crippen molar-refractivity contribution in [1.29, 1.82) is 0 Å². The van der Waals surface area contributed by atoms with E-state index < -0.39 is 0 Å². The van der Waals surface area contributed by atoms with E-state index in [0.717, 1.165) is 5.92 Å². The topological polar surface area (TPSA) is 20.2 Å². The van der Waals surface area contributed by atoms with Crippen LogP contribution in [0.4, 0.5) is 0 Å². The zero-order valence-electron chi connectivity index (χ0n) is 14.1. The van der Waals surface area contributed by atoms with Crippen LogP contribution >= 0.6 is 0 Å². The largest absolute Gasteiger partial charge is 0.396 e. The quantitative estimate of drug-likeness (QED) is 0.700.